The van der Waals surface area contributed by atoms with Gasteiger partial charge in [0.2, 0.25) is 0 Å². The molecule has 17 heavy (non-hydrogen) atoms. The molecule has 0 saturated heterocycles. The maximum absolute atomic E-state index is 4.32. The van der Waals surface area contributed by atoms with Gasteiger partial charge in [-0.1, -0.05) is 12.8 Å². The molecule has 1 aliphatic carbocycles. The molecule has 2 unspecified atom stereocenters. The highest BCUT2D eigenvalue weighted by molar-refractivity contribution is 5.19. The molecule has 1 aromatic heterocycles. The van der Waals surface area contributed by atoms with Crippen LogP contribution in [0.3, 0.4) is 0 Å². The Balaban J connectivity index is 1.96. The molecule has 1 heterocycles. The first-order valence-electron chi connectivity index (χ1n) is 6.84. The number of rotatable bonds is 4. The first-order chi connectivity index (χ1) is 8.09. The fraction of sp³-hybridized carbons (Fsp3) is 0.786. The Morgan fingerprint density at radius 1 is 1.35 bits per heavy atom. The second-order valence-electron chi connectivity index (χ2n) is 5.53. The molecule has 0 bridgehead atoms. The van der Waals surface area contributed by atoms with Crippen LogP contribution in [-0.2, 0) is 7.05 Å². The third-order valence-corrected chi connectivity index (χ3v) is 4.36. The molecular weight excluding hydrogens is 210 g/mol. The molecule has 0 amide bonds. The summed E-state index contributed by atoms with van der Waals surface area (Å²) < 4.78 is 1.95. The van der Waals surface area contributed by atoms with Gasteiger partial charge in [0.05, 0.1) is 6.20 Å². The molecule has 96 valence electrons. The molecule has 3 heteroatoms. The number of nitrogens with zero attached hydrogens (tertiary/aromatic N) is 2. The van der Waals surface area contributed by atoms with Gasteiger partial charge in [-0.3, -0.25) is 4.68 Å². The van der Waals surface area contributed by atoms with Gasteiger partial charge in [-0.2, -0.15) is 5.10 Å². The van der Waals surface area contributed by atoms with Crippen molar-refractivity contribution < 1.29 is 0 Å². The summed E-state index contributed by atoms with van der Waals surface area (Å²) in [6, 6.07) is 1.02. The van der Waals surface area contributed by atoms with E-state index < -0.39 is 0 Å². The van der Waals surface area contributed by atoms with Crippen molar-refractivity contribution in [1.82, 2.24) is 15.1 Å². The smallest absolute Gasteiger partial charge is 0.0540 e. The van der Waals surface area contributed by atoms with E-state index in [1.54, 1.807) is 0 Å². The zero-order chi connectivity index (χ0) is 12.4. The van der Waals surface area contributed by atoms with Gasteiger partial charge in [-0.25, -0.2) is 0 Å². The van der Waals surface area contributed by atoms with Crippen molar-refractivity contribution >= 4 is 0 Å². The van der Waals surface area contributed by atoms with E-state index in [1.165, 1.54) is 36.9 Å². The van der Waals surface area contributed by atoms with Crippen LogP contribution in [0.15, 0.2) is 6.20 Å². The maximum Gasteiger partial charge on any atom is 0.0540 e. The van der Waals surface area contributed by atoms with Gasteiger partial charge in [0.1, 0.15) is 0 Å². The van der Waals surface area contributed by atoms with Gasteiger partial charge >= 0.3 is 0 Å². The summed E-state index contributed by atoms with van der Waals surface area (Å²) in [5.74, 6) is 0.870. The molecule has 1 saturated carbocycles. The second-order valence-corrected chi connectivity index (χ2v) is 5.53. The summed E-state index contributed by atoms with van der Waals surface area (Å²) in [6.07, 6.45) is 7.61. The van der Waals surface area contributed by atoms with Crippen molar-refractivity contribution in [2.75, 3.05) is 0 Å². The van der Waals surface area contributed by atoms with E-state index in [1.807, 2.05) is 17.9 Å². The summed E-state index contributed by atoms with van der Waals surface area (Å²) in [5, 5.41) is 8.06. The van der Waals surface area contributed by atoms with E-state index in [0.29, 0.717) is 12.1 Å². The molecule has 0 spiro atoms. The second kappa shape index (κ2) is 5.21. The average molecular weight is 235 g/mol. The van der Waals surface area contributed by atoms with E-state index in [0.717, 1.165) is 5.92 Å². The van der Waals surface area contributed by atoms with Crippen molar-refractivity contribution in [2.24, 2.45) is 13.0 Å². The minimum absolute atomic E-state index is 0.402. The Kier molecular flexibility index (Phi) is 3.87. The molecule has 3 nitrogen and oxygen atoms in total. The number of hydrogen-bond acceptors (Lipinski definition) is 2. The number of hydrogen-bond donors (Lipinski definition) is 1. The molecule has 1 aliphatic rings. The molecule has 1 fully saturated rings. The molecule has 0 aliphatic heterocycles. The molecule has 2 rings (SSSR count). The predicted octanol–water partition coefficient (Wildman–Crippen LogP) is 2.96. The van der Waals surface area contributed by atoms with E-state index in [9.17, 15) is 0 Å². The van der Waals surface area contributed by atoms with Crippen LogP contribution in [0.5, 0.6) is 0 Å². The number of aryl methyl sites for hydroxylation is 1. The monoisotopic (exact) mass is 235 g/mol. The Bertz CT molecular complexity index is 364. The van der Waals surface area contributed by atoms with Crippen LogP contribution < -0.4 is 5.32 Å². The zero-order valence-electron chi connectivity index (χ0n) is 11.5. The fourth-order valence-electron chi connectivity index (χ4n) is 3.02. The van der Waals surface area contributed by atoms with Crippen LogP contribution in [0.1, 0.15) is 56.8 Å². The zero-order valence-corrected chi connectivity index (χ0v) is 11.5. The Morgan fingerprint density at radius 2 is 2.00 bits per heavy atom. The molecule has 1 aromatic rings. The highest BCUT2D eigenvalue weighted by Crippen LogP contribution is 2.29. The van der Waals surface area contributed by atoms with Gasteiger partial charge in [0, 0.05) is 30.4 Å². The Hall–Kier alpha value is -0.830. The van der Waals surface area contributed by atoms with Gasteiger partial charge in [-0.05, 0) is 39.5 Å². The van der Waals surface area contributed by atoms with Crippen LogP contribution in [0.2, 0.25) is 0 Å². The standard InChI is InChI=1S/C14H25N3/c1-10(13-7-5-6-8-13)16-11(2)14-9-15-17(4)12(14)3/h9-11,13,16H,5-8H2,1-4H3. The van der Waals surface area contributed by atoms with Gasteiger partial charge in [0.15, 0.2) is 0 Å². The van der Waals surface area contributed by atoms with Crippen molar-refractivity contribution in [3.05, 3.63) is 17.5 Å². The van der Waals surface area contributed by atoms with Crippen molar-refractivity contribution in [3.8, 4) is 0 Å². The van der Waals surface area contributed by atoms with Crippen molar-refractivity contribution in [1.29, 1.82) is 0 Å². The summed E-state index contributed by atoms with van der Waals surface area (Å²) in [4.78, 5) is 0. The minimum atomic E-state index is 0.402. The molecule has 2 atom stereocenters. The van der Waals surface area contributed by atoms with Crippen LogP contribution in [-0.4, -0.2) is 15.8 Å². The van der Waals surface area contributed by atoms with Crippen LogP contribution in [0, 0.1) is 12.8 Å². The van der Waals surface area contributed by atoms with Gasteiger partial charge < -0.3 is 5.32 Å². The predicted molar refractivity (Wildman–Crippen MR) is 70.9 cm³/mol. The SMILES string of the molecule is Cc1c(C(C)NC(C)C2CCCC2)cnn1C. The third kappa shape index (κ3) is 2.71. The lowest BCUT2D eigenvalue weighted by Gasteiger charge is -2.24. The summed E-state index contributed by atoms with van der Waals surface area (Å²) in [5.41, 5.74) is 2.60. The minimum Gasteiger partial charge on any atom is -0.307 e. The van der Waals surface area contributed by atoms with Gasteiger partial charge in [0.25, 0.3) is 0 Å². The van der Waals surface area contributed by atoms with E-state index in [4.69, 9.17) is 0 Å². The van der Waals surface area contributed by atoms with Crippen molar-refractivity contribution in [2.45, 2.75) is 58.5 Å². The normalized spacial score (nSPS) is 20.7. The van der Waals surface area contributed by atoms with E-state index >= 15 is 0 Å². The van der Waals surface area contributed by atoms with Crippen LogP contribution in [0.25, 0.3) is 0 Å². The van der Waals surface area contributed by atoms with Crippen molar-refractivity contribution in [3.63, 3.8) is 0 Å². The lowest BCUT2D eigenvalue weighted by molar-refractivity contribution is 0.352. The average Bonchev–Trinajstić information content (AvgIpc) is 2.90. The lowest BCUT2D eigenvalue weighted by atomic mass is 9.98. The molecule has 0 aromatic carbocycles. The molecule has 0 radical (unpaired) electrons. The lowest BCUT2D eigenvalue weighted by Crippen LogP contribution is -2.34. The summed E-state index contributed by atoms with van der Waals surface area (Å²) in [7, 11) is 2.01. The van der Waals surface area contributed by atoms with E-state index in [-0.39, 0.29) is 0 Å². The number of nitrogens with one attached hydrogen (secondary N) is 1. The highest BCUT2D eigenvalue weighted by Gasteiger charge is 2.23. The molecular formula is C14H25N3. The first kappa shape index (κ1) is 12.6. The van der Waals surface area contributed by atoms with E-state index in [2.05, 4.69) is 31.2 Å². The first-order valence-corrected chi connectivity index (χ1v) is 6.84. The maximum atomic E-state index is 4.32. The largest absolute Gasteiger partial charge is 0.307 e. The summed E-state index contributed by atoms with van der Waals surface area (Å²) in [6.45, 7) is 6.72. The van der Waals surface area contributed by atoms with Crippen LogP contribution in [0.4, 0.5) is 0 Å². The Labute approximate surface area is 105 Å². The topological polar surface area (TPSA) is 29.9 Å². The summed E-state index contributed by atoms with van der Waals surface area (Å²) >= 11 is 0. The number of aromatic nitrogens is 2. The Morgan fingerprint density at radius 3 is 2.53 bits per heavy atom. The molecule has 1 N–H and O–H groups in total. The fourth-order valence-corrected chi connectivity index (χ4v) is 3.02. The van der Waals surface area contributed by atoms with Crippen LogP contribution >= 0.6 is 0 Å². The van der Waals surface area contributed by atoms with Gasteiger partial charge in [-0.15, -0.1) is 0 Å². The quantitative estimate of drug-likeness (QED) is 0.869. The highest BCUT2D eigenvalue weighted by atomic mass is 15.3. The third-order valence-electron chi connectivity index (χ3n) is 4.36.